The van der Waals surface area contributed by atoms with Crippen molar-refractivity contribution < 1.29 is 18.9 Å². The van der Waals surface area contributed by atoms with E-state index < -0.39 is 0 Å². The molecule has 0 saturated heterocycles. The number of hydrogen-bond donors (Lipinski definition) is 0. The van der Waals surface area contributed by atoms with Gasteiger partial charge in [0.1, 0.15) is 12.5 Å². The highest BCUT2D eigenvalue weighted by atomic mass is 16.7. The Morgan fingerprint density at radius 3 is 2.71 bits per heavy atom. The summed E-state index contributed by atoms with van der Waals surface area (Å²) in [4.78, 5) is 0. The monoisotopic (exact) mass is 384 g/mol. The maximum absolute atomic E-state index is 6.10. The van der Waals surface area contributed by atoms with Crippen LogP contribution in [0, 0.1) is 35.5 Å². The molecule has 0 aliphatic heterocycles. The molecule has 0 radical (unpaired) electrons. The topological polar surface area (TPSA) is 36.9 Å². The summed E-state index contributed by atoms with van der Waals surface area (Å²) in [5.74, 6) is 6.05. The number of methoxy groups -OCH3 is 2. The predicted molar refractivity (Wildman–Crippen MR) is 108 cm³/mol. The second kappa shape index (κ2) is 8.06. The SMILES string of the molecule is C#CC1C[C@]2(C)[C@@H](OCOC)CC[C@H]2[C@@H]2CCc3cc(OCOC)ccc3[C@@H]12. The molecule has 2 saturated carbocycles. The van der Waals surface area contributed by atoms with Crippen molar-refractivity contribution in [2.24, 2.45) is 23.2 Å². The summed E-state index contributed by atoms with van der Waals surface area (Å²) in [6.45, 7) is 3.05. The van der Waals surface area contributed by atoms with Gasteiger partial charge in [0.2, 0.25) is 0 Å². The Kier molecular flexibility index (Phi) is 5.69. The number of hydrogen-bond acceptors (Lipinski definition) is 4. The average molecular weight is 385 g/mol. The highest BCUT2D eigenvalue weighted by molar-refractivity contribution is 5.42. The zero-order valence-corrected chi connectivity index (χ0v) is 17.3. The van der Waals surface area contributed by atoms with Gasteiger partial charge >= 0.3 is 0 Å². The Morgan fingerprint density at radius 1 is 1.14 bits per heavy atom. The molecule has 6 atom stereocenters. The van der Waals surface area contributed by atoms with Gasteiger partial charge < -0.3 is 18.9 Å². The molecule has 0 heterocycles. The molecule has 0 amide bonds. The third kappa shape index (κ3) is 3.24. The largest absolute Gasteiger partial charge is 0.468 e. The third-order valence-electron chi connectivity index (χ3n) is 7.56. The Morgan fingerprint density at radius 2 is 1.96 bits per heavy atom. The molecular formula is C24H32O4. The number of ether oxygens (including phenoxy) is 4. The van der Waals surface area contributed by atoms with Gasteiger partial charge in [-0.3, -0.25) is 0 Å². The van der Waals surface area contributed by atoms with Crippen LogP contribution in [-0.4, -0.2) is 33.9 Å². The summed E-state index contributed by atoms with van der Waals surface area (Å²) in [5, 5.41) is 0. The Bertz CT molecular complexity index is 739. The molecule has 3 aliphatic rings. The van der Waals surface area contributed by atoms with Crippen LogP contribution >= 0.6 is 0 Å². The minimum Gasteiger partial charge on any atom is -0.468 e. The van der Waals surface area contributed by atoms with Crippen LogP contribution in [0.25, 0.3) is 0 Å². The molecule has 0 bridgehead atoms. The van der Waals surface area contributed by atoms with Crippen molar-refractivity contribution in [3.05, 3.63) is 29.3 Å². The maximum atomic E-state index is 6.10. The quantitative estimate of drug-likeness (QED) is 0.539. The molecule has 0 aromatic heterocycles. The van der Waals surface area contributed by atoms with Crippen molar-refractivity contribution in [2.75, 3.05) is 27.8 Å². The molecule has 4 heteroatoms. The van der Waals surface area contributed by atoms with Gasteiger partial charge in [0, 0.05) is 26.1 Å². The minimum absolute atomic E-state index is 0.149. The van der Waals surface area contributed by atoms with Crippen molar-refractivity contribution >= 4 is 0 Å². The van der Waals surface area contributed by atoms with Gasteiger partial charge in [0.25, 0.3) is 0 Å². The molecule has 152 valence electrons. The van der Waals surface area contributed by atoms with Crippen LogP contribution < -0.4 is 4.74 Å². The molecule has 1 unspecified atom stereocenters. The van der Waals surface area contributed by atoms with Crippen molar-refractivity contribution in [1.29, 1.82) is 0 Å². The second-order valence-electron chi connectivity index (χ2n) is 8.87. The molecule has 1 aromatic carbocycles. The lowest BCUT2D eigenvalue weighted by atomic mass is 9.52. The normalized spacial score (nSPS) is 36.1. The van der Waals surface area contributed by atoms with Crippen LogP contribution in [-0.2, 0) is 20.6 Å². The fourth-order valence-electron chi connectivity index (χ4n) is 6.44. The van der Waals surface area contributed by atoms with Gasteiger partial charge in [-0.25, -0.2) is 0 Å². The zero-order valence-electron chi connectivity index (χ0n) is 17.3. The van der Waals surface area contributed by atoms with Gasteiger partial charge in [-0.2, -0.15) is 0 Å². The Labute approximate surface area is 168 Å². The third-order valence-corrected chi connectivity index (χ3v) is 7.56. The van der Waals surface area contributed by atoms with Crippen molar-refractivity contribution in [3.63, 3.8) is 0 Å². The van der Waals surface area contributed by atoms with Crippen LogP contribution in [0.3, 0.4) is 0 Å². The summed E-state index contributed by atoms with van der Waals surface area (Å²) in [5.41, 5.74) is 2.98. The van der Waals surface area contributed by atoms with Crippen LogP contribution in [0.15, 0.2) is 18.2 Å². The second-order valence-corrected chi connectivity index (χ2v) is 8.87. The van der Waals surface area contributed by atoms with E-state index in [9.17, 15) is 0 Å². The van der Waals surface area contributed by atoms with E-state index in [0.29, 0.717) is 24.5 Å². The van der Waals surface area contributed by atoms with Crippen molar-refractivity contribution in [1.82, 2.24) is 0 Å². The molecule has 0 spiro atoms. The van der Waals surface area contributed by atoms with E-state index in [1.54, 1.807) is 14.2 Å². The molecule has 0 N–H and O–H groups in total. The highest BCUT2D eigenvalue weighted by Crippen LogP contribution is 2.63. The summed E-state index contributed by atoms with van der Waals surface area (Å²) in [7, 11) is 3.34. The zero-order chi connectivity index (χ0) is 19.7. The van der Waals surface area contributed by atoms with E-state index in [0.717, 1.165) is 25.0 Å². The number of benzene rings is 1. The van der Waals surface area contributed by atoms with E-state index in [1.165, 1.54) is 24.0 Å². The van der Waals surface area contributed by atoms with Crippen LogP contribution in [0.4, 0.5) is 0 Å². The standard InChI is InChI=1S/C24H32O4/c1-5-16-13-24(2)21(10-11-22(24)28-15-26-4)20-8-6-17-12-18(27-14-25-3)7-9-19(17)23(16)20/h1,7,9,12,16,20-23H,6,8,10-11,13-15H2,2-4H3/t16?,20-,21-,22-,23+,24-/m0/s1. The molecule has 4 nitrogen and oxygen atoms in total. The van der Waals surface area contributed by atoms with E-state index in [1.807, 2.05) is 0 Å². The first kappa shape index (κ1) is 19.8. The first-order valence-corrected chi connectivity index (χ1v) is 10.4. The van der Waals surface area contributed by atoms with E-state index >= 15 is 0 Å². The van der Waals surface area contributed by atoms with E-state index in [2.05, 4.69) is 31.0 Å². The fraction of sp³-hybridized carbons (Fsp3) is 0.667. The van der Waals surface area contributed by atoms with Gasteiger partial charge in [0.15, 0.2) is 6.79 Å². The van der Waals surface area contributed by atoms with Crippen molar-refractivity contribution in [2.45, 2.75) is 51.0 Å². The smallest absolute Gasteiger partial charge is 0.188 e. The van der Waals surface area contributed by atoms with Gasteiger partial charge in [-0.15, -0.1) is 12.3 Å². The minimum atomic E-state index is 0.149. The summed E-state index contributed by atoms with van der Waals surface area (Å²) >= 11 is 0. The summed E-state index contributed by atoms with van der Waals surface area (Å²) in [6, 6.07) is 6.50. The van der Waals surface area contributed by atoms with Crippen molar-refractivity contribution in [3.8, 4) is 18.1 Å². The fourth-order valence-corrected chi connectivity index (χ4v) is 6.44. The molecule has 4 rings (SSSR count). The van der Waals surface area contributed by atoms with Crippen LogP contribution in [0.1, 0.15) is 49.7 Å². The molecular weight excluding hydrogens is 352 g/mol. The Balaban J connectivity index is 1.62. The Hall–Kier alpha value is -1.54. The number of aryl methyl sites for hydroxylation is 1. The van der Waals surface area contributed by atoms with E-state index in [-0.39, 0.29) is 24.2 Å². The first-order valence-electron chi connectivity index (χ1n) is 10.4. The van der Waals surface area contributed by atoms with E-state index in [4.69, 9.17) is 25.4 Å². The maximum Gasteiger partial charge on any atom is 0.188 e. The lowest BCUT2D eigenvalue weighted by Gasteiger charge is -2.53. The highest BCUT2D eigenvalue weighted by Gasteiger charge is 2.58. The molecule has 2 fully saturated rings. The summed E-state index contributed by atoms with van der Waals surface area (Å²) < 4.78 is 22.0. The van der Waals surface area contributed by atoms with Crippen LogP contribution in [0.5, 0.6) is 5.75 Å². The lowest BCUT2D eigenvalue weighted by molar-refractivity contribution is -0.129. The molecule has 1 aromatic rings. The average Bonchev–Trinajstić information content (AvgIpc) is 3.05. The van der Waals surface area contributed by atoms with Gasteiger partial charge in [0.05, 0.1) is 6.10 Å². The van der Waals surface area contributed by atoms with Gasteiger partial charge in [-0.1, -0.05) is 13.0 Å². The number of rotatable bonds is 6. The molecule has 3 aliphatic carbocycles. The number of fused-ring (bicyclic) bond motifs is 5. The lowest BCUT2D eigenvalue weighted by Crippen LogP contribution is -2.48. The summed E-state index contributed by atoms with van der Waals surface area (Å²) in [6.07, 6.45) is 12.0. The predicted octanol–water partition coefficient (Wildman–Crippen LogP) is 4.37. The van der Waals surface area contributed by atoms with Gasteiger partial charge in [-0.05, 0) is 72.6 Å². The number of terminal acetylenes is 1. The first-order chi connectivity index (χ1) is 13.6. The van der Waals surface area contributed by atoms with Crippen LogP contribution in [0.2, 0.25) is 0 Å². The molecule has 28 heavy (non-hydrogen) atoms.